The molecular weight excluding hydrogens is 236 g/mol. The van der Waals surface area contributed by atoms with Crippen molar-refractivity contribution in [1.82, 2.24) is 4.98 Å². The summed E-state index contributed by atoms with van der Waals surface area (Å²) in [5, 5.41) is 6.22. The molecule has 0 aliphatic carbocycles. The Hall–Kier alpha value is -0.580. The van der Waals surface area contributed by atoms with Gasteiger partial charge in [-0.2, -0.15) is 0 Å². The molecule has 74 valence electrons. The molecule has 2 nitrogen and oxygen atoms in total. The van der Waals surface area contributed by atoms with E-state index in [0.717, 1.165) is 22.4 Å². The number of rotatable bonds is 4. The van der Waals surface area contributed by atoms with E-state index in [4.69, 9.17) is 11.6 Å². The summed E-state index contributed by atoms with van der Waals surface area (Å²) in [6.45, 7) is 0.907. The van der Waals surface area contributed by atoms with Crippen LogP contribution >= 0.6 is 34.3 Å². The highest BCUT2D eigenvalue weighted by atomic mass is 35.5. The molecule has 0 amide bonds. The zero-order valence-corrected chi connectivity index (χ0v) is 9.75. The Bertz CT molecular complexity index is 383. The van der Waals surface area contributed by atoms with Crippen LogP contribution in [0.25, 0.3) is 0 Å². The maximum absolute atomic E-state index is 5.76. The summed E-state index contributed by atoms with van der Waals surface area (Å²) in [4.78, 5) is 5.50. The summed E-state index contributed by atoms with van der Waals surface area (Å²) in [6, 6.07) is 4.21. The van der Waals surface area contributed by atoms with Crippen LogP contribution in [0, 0.1) is 0 Å². The molecule has 0 radical (unpaired) electrons. The van der Waals surface area contributed by atoms with Crippen molar-refractivity contribution >= 4 is 39.4 Å². The lowest BCUT2D eigenvalue weighted by molar-refractivity contribution is 1.04. The summed E-state index contributed by atoms with van der Waals surface area (Å²) in [6.07, 6.45) is 2.70. The highest BCUT2D eigenvalue weighted by Gasteiger charge is 1.98. The molecule has 0 unspecified atom stereocenters. The summed E-state index contributed by atoms with van der Waals surface area (Å²) in [5.74, 6) is 0. The second-order valence-corrected chi connectivity index (χ2v) is 5.42. The van der Waals surface area contributed by atoms with Crippen LogP contribution in [0.15, 0.2) is 23.7 Å². The Morgan fingerprint density at radius 2 is 2.43 bits per heavy atom. The molecule has 0 aliphatic heterocycles. The standard InChI is InChI=1S/C9H9ClN2S2/c10-8-6-12-9(14-8)11-4-3-7-2-1-5-13-7/h1-2,5-6H,3-4H2,(H,11,12). The summed E-state index contributed by atoms with van der Waals surface area (Å²) in [7, 11) is 0. The van der Waals surface area contributed by atoms with Gasteiger partial charge in [-0.1, -0.05) is 29.0 Å². The van der Waals surface area contributed by atoms with Crippen LogP contribution in [0.2, 0.25) is 4.34 Å². The first-order valence-corrected chi connectivity index (χ1v) is 6.29. The lowest BCUT2D eigenvalue weighted by Crippen LogP contribution is -2.02. The molecule has 5 heteroatoms. The molecule has 2 aromatic rings. The molecule has 0 saturated heterocycles. The van der Waals surface area contributed by atoms with E-state index in [1.54, 1.807) is 17.5 Å². The number of hydrogen-bond acceptors (Lipinski definition) is 4. The third-order valence-corrected chi connectivity index (χ3v) is 3.71. The average molecular weight is 245 g/mol. The van der Waals surface area contributed by atoms with E-state index in [2.05, 4.69) is 27.8 Å². The molecule has 2 aromatic heterocycles. The topological polar surface area (TPSA) is 24.9 Å². The Labute approximate surface area is 95.6 Å². The number of thiophene rings is 1. The number of halogens is 1. The van der Waals surface area contributed by atoms with E-state index >= 15 is 0 Å². The lowest BCUT2D eigenvalue weighted by atomic mass is 10.3. The number of hydrogen-bond donors (Lipinski definition) is 1. The van der Waals surface area contributed by atoms with Crippen LogP contribution in [-0.2, 0) is 6.42 Å². The number of nitrogens with one attached hydrogen (secondary N) is 1. The van der Waals surface area contributed by atoms with Crippen molar-refractivity contribution in [3.63, 3.8) is 0 Å². The predicted octanol–water partition coefficient (Wildman–Crippen LogP) is 3.51. The lowest BCUT2D eigenvalue weighted by Gasteiger charge is -1.99. The number of thiazole rings is 1. The molecule has 0 spiro atoms. The number of nitrogens with zero attached hydrogens (tertiary/aromatic N) is 1. The van der Waals surface area contributed by atoms with Crippen molar-refractivity contribution in [2.24, 2.45) is 0 Å². The molecule has 0 aliphatic rings. The van der Waals surface area contributed by atoms with Crippen LogP contribution in [0.5, 0.6) is 0 Å². The molecule has 2 heterocycles. The molecule has 0 bridgehead atoms. The van der Waals surface area contributed by atoms with Gasteiger partial charge < -0.3 is 5.32 Å². The third kappa shape index (κ3) is 2.70. The fraction of sp³-hybridized carbons (Fsp3) is 0.222. The molecule has 0 fully saturated rings. The van der Waals surface area contributed by atoms with Gasteiger partial charge in [0.2, 0.25) is 0 Å². The Morgan fingerprint density at radius 3 is 3.07 bits per heavy atom. The monoisotopic (exact) mass is 244 g/mol. The molecular formula is C9H9ClN2S2. The van der Waals surface area contributed by atoms with E-state index in [-0.39, 0.29) is 0 Å². The number of aromatic nitrogens is 1. The first kappa shape index (κ1) is 9.96. The first-order chi connectivity index (χ1) is 6.84. The van der Waals surface area contributed by atoms with Crippen LogP contribution in [0.3, 0.4) is 0 Å². The highest BCUT2D eigenvalue weighted by Crippen LogP contribution is 2.22. The van der Waals surface area contributed by atoms with Crippen LogP contribution in [0.1, 0.15) is 4.88 Å². The Morgan fingerprint density at radius 1 is 1.50 bits per heavy atom. The Kier molecular flexibility index (Phi) is 3.39. The van der Waals surface area contributed by atoms with Gasteiger partial charge >= 0.3 is 0 Å². The summed E-state index contributed by atoms with van der Waals surface area (Å²) in [5.41, 5.74) is 0. The molecule has 0 atom stereocenters. The smallest absolute Gasteiger partial charge is 0.184 e. The van der Waals surface area contributed by atoms with Gasteiger partial charge in [-0.15, -0.1) is 11.3 Å². The average Bonchev–Trinajstić information content (AvgIpc) is 2.77. The SMILES string of the molecule is Clc1cnc(NCCc2cccs2)s1. The fourth-order valence-electron chi connectivity index (χ4n) is 1.08. The van der Waals surface area contributed by atoms with Crippen molar-refractivity contribution in [1.29, 1.82) is 0 Å². The van der Waals surface area contributed by atoms with E-state index in [1.807, 2.05) is 0 Å². The van der Waals surface area contributed by atoms with Gasteiger partial charge in [0.15, 0.2) is 5.13 Å². The zero-order valence-electron chi connectivity index (χ0n) is 7.37. The van der Waals surface area contributed by atoms with Crippen molar-refractivity contribution in [3.8, 4) is 0 Å². The van der Waals surface area contributed by atoms with Gasteiger partial charge in [-0.05, 0) is 17.9 Å². The maximum Gasteiger partial charge on any atom is 0.184 e. The van der Waals surface area contributed by atoms with E-state index in [9.17, 15) is 0 Å². The quantitative estimate of drug-likeness (QED) is 0.890. The zero-order chi connectivity index (χ0) is 9.80. The maximum atomic E-state index is 5.76. The van der Waals surface area contributed by atoms with Gasteiger partial charge in [-0.3, -0.25) is 0 Å². The van der Waals surface area contributed by atoms with Crippen molar-refractivity contribution in [2.45, 2.75) is 6.42 Å². The minimum atomic E-state index is 0.726. The van der Waals surface area contributed by atoms with Gasteiger partial charge in [0.05, 0.1) is 6.20 Å². The molecule has 14 heavy (non-hydrogen) atoms. The molecule has 2 rings (SSSR count). The third-order valence-electron chi connectivity index (χ3n) is 1.71. The minimum Gasteiger partial charge on any atom is -0.361 e. The van der Waals surface area contributed by atoms with Gasteiger partial charge in [0.1, 0.15) is 4.34 Å². The van der Waals surface area contributed by atoms with E-state index in [0.29, 0.717) is 0 Å². The highest BCUT2D eigenvalue weighted by molar-refractivity contribution is 7.19. The second-order valence-electron chi connectivity index (χ2n) is 2.73. The molecule has 0 saturated carbocycles. The molecule has 1 N–H and O–H groups in total. The minimum absolute atomic E-state index is 0.726. The summed E-state index contributed by atoms with van der Waals surface area (Å²) < 4.78 is 0.726. The van der Waals surface area contributed by atoms with Gasteiger partial charge in [0.25, 0.3) is 0 Å². The van der Waals surface area contributed by atoms with Crippen LogP contribution in [0.4, 0.5) is 5.13 Å². The van der Waals surface area contributed by atoms with Gasteiger partial charge in [-0.25, -0.2) is 4.98 Å². The second kappa shape index (κ2) is 4.77. The fourth-order valence-corrected chi connectivity index (χ4v) is 2.63. The van der Waals surface area contributed by atoms with E-state index in [1.165, 1.54) is 16.2 Å². The normalized spacial score (nSPS) is 10.4. The molecule has 0 aromatic carbocycles. The predicted molar refractivity (Wildman–Crippen MR) is 63.6 cm³/mol. The number of anilines is 1. The first-order valence-electron chi connectivity index (χ1n) is 4.22. The van der Waals surface area contributed by atoms with Crippen LogP contribution in [-0.4, -0.2) is 11.5 Å². The van der Waals surface area contributed by atoms with Crippen molar-refractivity contribution < 1.29 is 0 Å². The largest absolute Gasteiger partial charge is 0.361 e. The van der Waals surface area contributed by atoms with E-state index < -0.39 is 0 Å². The Balaban J connectivity index is 1.78. The van der Waals surface area contributed by atoms with Gasteiger partial charge in [0, 0.05) is 11.4 Å². The van der Waals surface area contributed by atoms with Crippen molar-refractivity contribution in [3.05, 3.63) is 32.9 Å². The van der Waals surface area contributed by atoms with Crippen molar-refractivity contribution in [2.75, 3.05) is 11.9 Å². The summed E-state index contributed by atoms with van der Waals surface area (Å²) >= 11 is 9.01. The van der Waals surface area contributed by atoms with Crippen LogP contribution < -0.4 is 5.32 Å².